The molecule has 2 aliphatic rings. The van der Waals surface area contributed by atoms with Crippen LogP contribution < -0.4 is 17.0 Å². The van der Waals surface area contributed by atoms with Gasteiger partial charge in [-0.25, -0.2) is 9.18 Å². The zero-order valence-corrected chi connectivity index (χ0v) is 24.9. The molecule has 45 heavy (non-hydrogen) atoms. The van der Waals surface area contributed by atoms with Crippen molar-refractivity contribution in [1.82, 2.24) is 19.0 Å². The van der Waals surface area contributed by atoms with E-state index in [1.54, 1.807) is 31.2 Å². The first-order valence-corrected chi connectivity index (χ1v) is 14.7. The molecule has 6 rings (SSSR count). The number of halogens is 4. The fraction of sp³-hybridized carbons (Fsp3) is 0.406. The molecule has 0 radical (unpaired) electrons. The zero-order valence-electron chi connectivity index (χ0n) is 24.9. The third kappa shape index (κ3) is 5.87. The van der Waals surface area contributed by atoms with E-state index in [2.05, 4.69) is 4.98 Å². The SMILES string of the molecule is Cc1cccc(C(N)Cn2c(=O)c3c(n(Cc4c(C)cccc4F)c2=O)COC32CCN(Cc3ccc(C(F)(F)F)o3)CC2)n1. The normalized spacial score (nSPS) is 17.1. The molecular weight excluding hydrogens is 594 g/mol. The highest BCUT2D eigenvalue weighted by molar-refractivity contribution is 5.33. The van der Waals surface area contributed by atoms with E-state index >= 15 is 0 Å². The van der Waals surface area contributed by atoms with Crippen LogP contribution in [0.3, 0.4) is 0 Å². The minimum atomic E-state index is -4.57. The Morgan fingerprint density at radius 2 is 1.73 bits per heavy atom. The Balaban J connectivity index is 1.36. The number of likely N-dealkylation sites (tertiary alicyclic amines) is 1. The summed E-state index contributed by atoms with van der Waals surface area (Å²) in [7, 11) is 0. The van der Waals surface area contributed by atoms with Crippen molar-refractivity contribution in [2.45, 2.75) is 70.7 Å². The molecule has 13 heteroatoms. The predicted molar refractivity (Wildman–Crippen MR) is 156 cm³/mol. The van der Waals surface area contributed by atoms with Crippen molar-refractivity contribution in [3.05, 3.63) is 120 Å². The molecule has 2 N–H and O–H groups in total. The molecule has 2 aliphatic heterocycles. The maximum atomic E-state index is 15.0. The zero-order chi connectivity index (χ0) is 32.1. The summed E-state index contributed by atoms with van der Waals surface area (Å²) in [6, 6.07) is 11.5. The Morgan fingerprint density at radius 1 is 1.00 bits per heavy atom. The average Bonchev–Trinajstić information content (AvgIpc) is 3.61. The van der Waals surface area contributed by atoms with Gasteiger partial charge in [-0.05, 0) is 62.6 Å². The molecule has 1 saturated heterocycles. The number of fused-ring (bicyclic) bond motifs is 2. The topological polar surface area (TPSA) is 109 Å². The van der Waals surface area contributed by atoms with Gasteiger partial charge < -0.3 is 14.9 Å². The summed E-state index contributed by atoms with van der Waals surface area (Å²) < 4.78 is 67.9. The van der Waals surface area contributed by atoms with Crippen molar-refractivity contribution in [1.29, 1.82) is 0 Å². The fourth-order valence-corrected chi connectivity index (χ4v) is 6.34. The molecule has 4 aromatic rings. The molecule has 1 spiro atoms. The van der Waals surface area contributed by atoms with Gasteiger partial charge >= 0.3 is 11.9 Å². The van der Waals surface area contributed by atoms with Gasteiger partial charge in [0, 0.05) is 24.3 Å². The van der Waals surface area contributed by atoms with Gasteiger partial charge in [0.25, 0.3) is 5.56 Å². The summed E-state index contributed by atoms with van der Waals surface area (Å²) in [6.07, 6.45) is -3.87. The van der Waals surface area contributed by atoms with E-state index < -0.39 is 40.6 Å². The molecule has 1 fully saturated rings. The minimum absolute atomic E-state index is 0.0211. The van der Waals surface area contributed by atoms with Crippen molar-refractivity contribution >= 4 is 0 Å². The number of nitrogens with zero attached hydrogens (tertiary/aromatic N) is 4. The van der Waals surface area contributed by atoms with Gasteiger partial charge in [0.2, 0.25) is 5.76 Å². The van der Waals surface area contributed by atoms with Gasteiger partial charge in [-0.15, -0.1) is 0 Å². The number of hydrogen-bond acceptors (Lipinski definition) is 7. The summed E-state index contributed by atoms with van der Waals surface area (Å²) in [5, 5.41) is 0. The smallest absolute Gasteiger partial charge is 0.449 e. The number of rotatable bonds is 7. The molecule has 0 saturated carbocycles. The van der Waals surface area contributed by atoms with Crippen LogP contribution in [-0.4, -0.2) is 32.1 Å². The summed E-state index contributed by atoms with van der Waals surface area (Å²) >= 11 is 0. The van der Waals surface area contributed by atoms with Crippen LogP contribution in [0.15, 0.2) is 62.5 Å². The van der Waals surface area contributed by atoms with Crippen LogP contribution in [0, 0.1) is 19.7 Å². The molecule has 238 valence electrons. The molecule has 1 unspecified atom stereocenters. The van der Waals surface area contributed by atoms with E-state index in [1.165, 1.54) is 16.7 Å². The van der Waals surface area contributed by atoms with Crippen molar-refractivity contribution in [2.75, 3.05) is 13.1 Å². The van der Waals surface area contributed by atoms with E-state index in [4.69, 9.17) is 14.9 Å². The number of hydrogen-bond donors (Lipinski definition) is 1. The van der Waals surface area contributed by atoms with Gasteiger partial charge in [0.05, 0.1) is 49.2 Å². The van der Waals surface area contributed by atoms with Crippen LogP contribution in [0.5, 0.6) is 0 Å². The van der Waals surface area contributed by atoms with Crippen molar-refractivity contribution in [3.8, 4) is 0 Å². The maximum Gasteiger partial charge on any atom is 0.449 e. The molecule has 1 atom stereocenters. The maximum absolute atomic E-state index is 15.0. The van der Waals surface area contributed by atoms with E-state index in [0.29, 0.717) is 54.0 Å². The van der Waals surface area contributed by atoms with Crippen LogP contribution in [-0.2, 0) is 42.8 Å². The molecule has 1 aromatic carbocycles. The van der Waals surface area contributed by atoms with Crippen LogP contribution in [0.4, 0.5) is 17.6 Å². The monoisotopic (exact) mass is 627 g/mol. The lowest BCUT2D eigenvalue weighted by atomic mass is 9.85. The Labute approximate surface area is 255 Å². The second kappa shape index (κ2) is 11.7. The predicted octanol–water partition coefficient (Wildman–Crippen LogP) is 4.54. The van der Waals surface area contributed by atoms with Crippen LogP contribution >= 0.6 is 0 Å². The molecular formula is C32H33F4N5O4. The van der Waals surface area contributed by atoms with Gasteiger partial charge in [-0.2, -0.15) is 13.2 Å². The number of ether oxygens (including phenoxy) is 1. The lowest BCUT2D eigenvalue weighted by molar-refractivity contribution is -0.153. The average molecular weight is 628 g/mol. The summed E-state index contributed by atoms with van der Waals surface area (Å²) in [5.41, 5.74) is 7.25. The number of aryl methyl sites for hydroxylation is 2. The second-order valence-corrected chi connectivity index (χ2v) is 11.8. The highest BCUT2D eigenvalue weighted by Crippen LogP contribution is 2.43. The van der Waals surface area contributed by atoms with E-state index in [9.17, 15) is 27.2 Å². The molecule has 3 aromatic heterocycles. The Morgan fingerprint density at radius 3 is 2.40 bits per heavy atom. The number of nitrogens with two attached hydrogens (primary N) is 1. The number of piperidine rings is 1. The van der Waals surface area contributed by atoms with Crippen molar-refractivity contribution in [2.24, 2.45) is 5.73 Å². The van der Waals surface area contributed by atoms with Crippen LogP contribution in [0.1, 0.15) is 64.2 Å². The summed E-state index contributed by atoms with van der Waals surface area (Å²) in [5.74, 6) is -1.34. The van der Waals surface area contributed by atoms with Gasteiger partial charge in [0.1, 0.15) is 17.2 Å². The third-order valence-corrected chi connectivity index (χ3v) is 8.80. The first-order chi connectivity index (χ1) is 21.4. The highest BCUT2D eigenvalue weighted by atomic mass is 19.4. The third-order valence-electron chi connectivity index (χ3n) is 8.80. The Hall–Kier alpha value is -4.07. The summed E-state index contributed by atoms with van der Waals surface area (Å²) in [4.78, 5) is 34.6. The summed E-state index contributed by atoms with van der Waals surface area (Å²) in [6.45, 7) is 4.25. The Kier molecular flexibility index (Phi) is 8.04. The number of benzene rings is 1. The lowest BCUT2D eigenvalue weighted by Crippen LogP contribution is -2.49. The highest BCUT2D eigenvalue weighted by Gasteiger charge is 2.47. The quantitative estimate of drug-likeness (QED) is 0.300. The molecule has 0 amide bonds. The first kappa shape index (κ1) is 30.9. The molecule has 5 heterocycles. The minimum Gasteiger partial charge on any atom is -0.455 e. The van der Waals surface area contributed by atoms with Gasteiger partial charge in [0.15, 0.2) is 0 Å². The fourth-order valence-electron chi connectivity index (χ4n) is 6.34. The van der Waals surface area contributed by atoms with Crippen LogP contribution in [0.2, 0.25) is 0 Å². The van der Waals surface area contributed by atoms with Crippen molar-refractivity contribution in [3.63, 3.8) is 0 Å². The second-order valence-electron chi connectivity index (χ2n) is 11.8. The van der Waals surface area contributed by atoms with Gasteiger partial charge in [-0.3, -0.25) is 23.8 Å². The van der Waals surface area contributed by atoms with Crippen LogP contribution in [0.25, 0.3) is 0 Å². The lowest BCUT2D eigenvalue weighted by Gasteiger charge is -2.38. The van der Waals surface area contributed by atoms with Gasteiger partial charge in [-0.1, -0.05) is 18.2 Å². The molecule has 0 bridgehead atoms. The Bertz CT molecular complexity index is 1830. The van der Waals surface area contributed by atoms with E-state index in [0.717, 1.165) is 16.3 Å². The standard InChI is InChI=1S/C32H33F4N5O4/c1-19-5-3-7-23(33)22(19)16-40-26-18-44-31(11-13-39(14-12-31)15-21-9-10-27(45-21)32(34,35)36)28(26)29(42)41(30(40)43)17-24(37)25-8-4-6-20(2)38-25/h3-10,24H,11-18,37H2,1-2H3. The molecule has 0 aliphatic carbocycles. The van der Waals surface area contributed by atoms with E-state index in [1.807, 2.05) is 17.9 Å². The number of alkyl halides is 3. The number of furan rings is 1. The van der Waals surface area contributed by atoms with Crippen molar-refractivity contribution < 1.29 is 26.7 Å². The number of aromatic nitrogens is 3. The largest absolute Gasteiger partial charge is 0.455 e. The first-order valence-electron chi connectivity index (χ1n) is 14.7. The van der Waals surface area contributed by atoms with E-state index in [-0.39, 0.29) is 32.0 Å². The number of pyridine rings is 1. The molecule has 9 nitrogen and oxygen atoms in total.